The molecule has 0 aliphatic heterocycles. The topological polar surface area (TPSA) is 52.6 Å². The van der Waals surface area contributed by atoms with Crippen molar-refractivity contribution in [1.29, 1.82) is 0 Å². The van der Waals surface area contributed by atoms with Gasteiger partial charge in [-0.15, -0.1) is 0 Å². The van der Waals surface area contributed by atoms with Gasteiger partial charge in [-0.2, -0.15) is 0 Å². The maximum atomic E-state index is 12.0. The summed E-state index contributed by atoms with van der Waals surface area (Å²) < 4.78 is 10.1. The molecule has 0 aliphatic carbocycles. The molecule has 4 nitrogen and oxygen atoms in total. The zero-order chi connectivity index (χ0) is 15.7. The first-order valence-corrected chi connectivity index (χ1v) is 6.16. The Labute approximate surface area is 123 Å². The van der Waals surface area contributed by atoms with Crippen LogP contribution in [-0.4, -0.2) is 18.5 Å². The van der Waals surface area contributed by atoms with E-state index in [9.17, 15) is 9.59 Å². The van der Waals surface area contributed by atoms with Gasteiger partial charge in [-0.3, -0.25) is 0 Å². The van der Waals surface area contributed by atoms with E-state index in [4.69, 9.17) is 9.47 Å². The Morgan fingerprint density at radius 3 is 2.43 bits per heavy atom. The van der Waals surface area contributed by atoms with Crippen molar-refractivity contribution < 1.29 is 19.1 Å². The van der Waals surface area contributed by atoms with Gasteiger partial charge in [-0.05, 0) is 17.7 Å². The average Bonchev–Trinajstić information content (AvgIpc) is 2.51. The van der Waals surface area contributed by atoms with Crippen LogP contribution in [0.2, 0.25) is 0 Å². The van der Waals surface area contributed by atoms with Crippen LogP contribution in [0.4, 0.5) is 0 Å². The van der Waals surface area contributed by atoms with Gasteiger partial charge in [0.2, 0.25) is 0 Å². The summed E-state index contributed by atoms with van der Waals surface area (Å²) in [5.41, 5.74) is 0.869. The Morgan fingerprint density at radius 2 is 1.81 bits per heavy atom. The van der Waals surface area contributed by atoms with Crippen LogP contribution in [0.5, 0.6) is 5.75 Å². The highest BCUT2D eigenvalue weighted by Crippen LogP contribution is 2.19. The maximum Gasteiger partial charge on any atom is 0.342 e. The minimum absolute atomic E-state index is 0.0537. The van der Waals surface area contributed by atoms with Gasteiger partial charge in [0, 0.05) is 6.08 Å². The lowest BCUT2D eigenvalue weighted by atomic mass is 10.2. The summed E-state index contributed by atoms with van der Waals surface area (Å²) in [5.74, 6) is -1.12. The molecule has 0 saturated carbocycles. The van der Waals surface area contributed by atoms with E-state index < -0.39 is 11.9 Å². The molecule has 0 fully saturated rings. The molecule has 0 aromatic heterocycles. The number of carbonyl (C=O) groups excluding carboxylic acids is 2. The molecule has 4 heteroatoms. The van der Waals surface area contributed by atoms with Gasteiger partial charge in [0.1, 0.15) is 17.9 Å². The van der Waals surface area contributed by atoms with Crippen LogP contribution in [0.15, 0.2) is 73.9 Å². The van der Waals surface area contributed by atoms with Crippen molar-refractivity contribution >= 4 is 11.9 Å². The summed E-state index contributed by atoms with van der Waals surface area (Å²) in [5, 5.41) is 0. The molecule has 0 unspecified atom stereocenters. The Kier molecular flexibility index (Phi) is 6.41. The normalized spacial score (nSPS) is 10.4. The molecule has 0 N–H and O–H groups in total. The molecule has 0 atom stereocenters. The van der Waals surface area contributed by atoms with Crippen molar-refractivity contribution in [3.63, 3.8) is 0 Å². The van der Waals surface area contributed by atoms with E-state index in [0.717, 1.165) is 6.08 Å². The lowest BCUT2D eigenvalue weighted by Gasteiger charge is -2.09. The highest BCUT2D eigenvalue weighted by atomic mass is 16.5. The number of hydrogen-bond acceptors (Lipinski definition) is 4. The Morgan fingerprint density at radius 1 is 1.10 bits per heavy atom. The molecule has 0 aliphatic rings. The highest BCUT2D eigenvalue weighted by molar-refractivity contribution is 5.94. The van der Waals surface area contributed by atoms with E-state index >= 15 is 0 Å². The van der Waals surface area contributed by atoms with Crippen molar-refractivity contribution in [2.24, 2.45) is 0 Å². The van der Waals surface area contributed by atoms with Gasteiger partial charge >= 0.3 is 11.9 Å². The molecule has 0 radical (unpaired) electrons. The smallest absolute Gasteiger partial charge is 0.342 e. The Balaban J connectivity index is 2.85. The SMILES string of the molecule is C=C/C=C(\C=C)COC(=O)c1ccccc1OC(=O)C=C. The van der Waals surface area contributed by atoms with Gasteiger partial charge in [0.15, 0.2) is 0 Å². The molecule has 0 saturated heterocycles. The van der Waals surface area contributed by atoms with Gasteiger partial charge < -0.3 is 9.47 Å². The second-order valence-electron chi connectivity index (χ2n) is 3.88. The number of esters is 2. The Hall–Kier alpha value is -2.88. The summed E-state index contributed by atoms with van der Waals surface area (Å²) >= 11 is 0. The molecular formula is C17H16O4. The number of hydrogen-bond donors (Lipinski definition) is 0. The monoisotopic (exact) mass is 284 g/mol. The van der Waals surface area contributed by atoms with E-state index in [1.165, 1.54) is 12.1 Å². The summed E-state index contributed by atoms with van der Waals surface area (Å²) in [6.45, 7) is 10.5. The Bertz CT molecular complexity index is 597. The van der Waals surface area contributed by atoms with Crippen LogP contribution >= 0.6 is 0 Å². The second kappa shape index (κ2) is 8.32. The first-order valence-electron chi connectivity index (χ1n) is 6.16. The van der Waals surface area contributed by atoms with Crippen LogP contribution in [-0.2, 0) is 9.53 Å². The quantitative estimate of drug-likeness (QED) is 0.334. The number of benzene rings is 1. The zero-order valence-corrected chi connectivity index (χ0v) is 11.6. The molecule has 108 valence electrons. The number of para-hydroxylation sites is 1. The van der Waals surface area contributed by atoms with E-state index in [2.05, 4.69) is 19.7 Å². The molecule has 1 aromatic rings. The predicted octanol–water partition coefficient (Wildman–Crippen LogP) is 3.23. The zero-order valence-electron chi connectivity index (χ0n) is 11.6. The largest absolute Gasteiger partial charge is 0.457 e. The first kappa shape index (κ1) is 16.2. The van der Waals surface area contributed by atoms with Crippen LogP contribution in [0.1, 0.15) is 10.4 Å². The number of carbonyl (C=O) groups is 2. The maximum absolute atomic E-state index is 12.0. The van der Waals surface area contributed by atoms with Gasteiger partial charge in [-0.25, -0.2) is 9.59 Å². The number of rotatable bonds is 7. The first-order chi connectivity index (χ1) is 10.1. The minimum atomic E-state index is -0.645. The van der Waals surface area contributed by atoms with Crippen molar-refractivity contribution in [3.05, 3.63) is 79.4 Å². The van der Waals surface area contributed by atoms with Crippen LogP contribution in [0.3, 0.4) is 0 Å². The summed E-state index contributed by atoms with van der Waals surface area (Å²) in [7, 11) is 0. The average molecular weight is 284 g/mol. The van der Waals surface area contributed by atoms with Crippen molar-refractivity contribution in [2.45, 2.75) is 0 Å². The molecule has 1 rings (SSSR count). The number of allylic oxidation sites excluding steroid dienone is 2. The second-order valence-corrected chi connectivity index (χ2v) is 3.88. The third-order valence-electron chi connectivity index (χ3n) is 2.45. The van der Waals surface area contributed by atoms with Crippen molar-refractivity contribution in [1.82, 2.24) is 0 Å². The molecule has 21 heavy (non-hydrogen) atoms. The van der Waals surface area contributed by atoms with E-state index in [1.807, 2.05) is 0 Å². The molecule has 0 bridgehead atoms. The number of ether oxygens (including phenoxy) is 2. The fourth-order valence-electron chi connectivity index (χ4n) is 1.43. The van der Waals surface area contributed by atoms with Gasteiger partial charge in [0.25, 0.3) is 0 Å². The molecule has 0 amide bonds. The molecule has 1 aromatic carbocycles. The fourth-order valence-corrected chi connectivity index (χ4v) is 1.43. The molecular weight excluding hydrogens is 268 g/mol. The predicted molar refractivity (Wildman–Crippen MR) is 81.0 cm³/mol. The third kappa shape index (κ3) is 4.95. The summed E-state index contributed by atoms with van der Waals surface area (Å²) in [4.78, 5) is 23.3. The minimum Gasteiger partial charge on any atom is -0.457 e. The van der Waals surface area contributed by atoms with E-state index in [0.29, 0.717) is 5.57 Å². The lowest BCUT2D eigenvalue weighted by Crippen LogP contribution is -2.12. The lowest BCUT2D eigenvalue weighted by molar-refractivity contribution is -0.128. The van der Waals surface area contributed by atoms with Crippen LogP contribution in [0, 0.1) is 0 Å². The van der Waals surface area contributed by atoms with Crippen molar-refractivity contribution in [2.75, 3.05) is 6.61 Å². The summed E-state index contributed by atoms with van der Waals surface area (Å²) in [6, 6.07) is 6.32. The summed E-state index contributed by atoms with van der Waals surface area (Å²) in [6.07, 6.45) is 5.85. The molecule has 0 heterocycles. The third-order valence-corrected chi connectivity index (χ3v) is 2.45. The molecule has 0 spiro atoms. The van der Waals surface area contributed by atoms with Gasteiger partial charge in [-0.1, -0.05) is 50.1 Å². The van der Waals surface area contributed by atoms with Crippen LogP contribution in [0.25, 0.3) is 0 Å². The van der Waals surface area contributed by atoms with E-state index in [1.54, 1.807) is 30.4 Å². The van der Waals surface area contributed by atoms with E-state index in [-0.39, 0.29) is 17.9 Å². The fraction of sp³-hybridized carbons (Fsp3) is 0.0588. The highest BCUT2D eigenvalue weighted by Gasteiger charge is 2.15. The van der Waals surface area contributed by atoms with Gasteiger partial charge in [0.05, 0.1) is 0 Å². The van der Waals surface area contributed by atoms with Crippen LogP contribution < -0.4 is 4.74 Å². The van der Waals surface area contributed by atoms with Crippen molar-refractivity contribution in [3.8, 4) is 5.75 Å². The standard InChI is InChI=1S/C17H16O4/c1-4-9-13(5-2)12-20-17(19)14-10-7-8-11-15(14)21-16(18)6-3/h4-11H,1-3,12H2/b13-9+.